The Morgan fingerprint density at radius 1 is 0.0410 bits per heavy atom. The van der Waals surface area contributed by atoms with E-state index >= 15 is 0 Å². The summed E-state index contributed by atoms with van der Waals surface area (Å²) in [5, 5.41) is 0. The minimum atomic E-state index is -0.678. The summed E-state index contributed by atoms with van der Waals surface area (Å²) in [7, 11) is -37.9. The van der Waals surface area contributed by atoms with Crippen LogP contribution < -0.4 is 0 Å². The van der Waals surface area contributed by atoms with Crippen molar-refractivity contribution < 1.29 is 0 Å². The molecule has 0 unspecified atom stereocenters. The van der Waals surface area contributed by atoms with E-state index in [1.165, 1.54) is 0 Å². The van der Waals surface area contributed by atoms with Gasteiger partial charge in [-0.1, -0.05) is 0 Å². The zero-order valence-electron chi connectivity index (χ0n) is 46.1. The monoisotopic (exact) mass is 15500 g/mol. The van der Waals surface area contributed by atoms with Gasteiger partial charge in [-0.25, -0.2) is 0 Å². The molecule has 0 nitrogen and oxygen atoms in total. The van der Waals surface area contributed by atoms with Crippen LogP contribution in [0.4, 0.5) is 0 Å². The van der Waals surface area contributed by atoms with Crippen LogP contribution in [0.5, 0.6) is 0 Å². The van der Waals surface area contributed by atoms with E-state index in [1.807, 2.05) is 0 Å². The Balaban J connectivity index is 5.96. The molecule has 122 heteroatoms. The predicted molar refractivity (Wildman–Crippen MR) is 1710 cm³/mol. The summed E-state index contributed by atoms with van der Waals surface area (Å²) in [6.45, 7) is 0. The van der Waals surface area contributed by atoms with Gasteiger partial charge in [-0.2, -0.15) is 0 Å². The van der Waals surface area contributed by atoms with Gasteiger partial charge in [-0.3, -0.25) is 0 Å². The molecule has 0 aromatic carbocycles. The second kappa shape index (κ2) is 127. The Bertz CT molecular complexity index is 2410. The molecule has 0 atom stereocenters. The average molecular weight is 15500 g/mol. The van der Waals surface area contributed by atoms with E-state index in [0.717, 1.165) is 0 Å². The van der Waals surface area contributed by atoms with Crippen molar-refractivity contribution in [2.45, 2.75) is 0 Å². The minimum absolute atomic E-state index is 0.496. The van der Waals surface area contributed by atoms with E-state index in [2.05, 4.69) is 1150 Å². The second-order valence-electron chi connectivity index (χ2n) is 9.72. The van der Waals surface area contributed by atoms with Gasteiger partial charge < -0.3 is 0 Å². The Hall–Kier alpha value is 89.1. The molecule has 0 radical (unpaired) electrons. The Labute approximate surface area is 1530 Å². The normalized spacial score (nSPS) is 19.2. The van der Waals surface area contributed by atoms with Crippen molar-refractivity contribution in [3.8, 4) is 0 Å². The van der Waals surface area contributed by atoms with Crippen LogP contribution in [-0.4, -0.2) is 0 Å². The number of hydrogen-bond donors (Lipinski definition) is 0. The maximum atomic E-state index is 3.50. The van der Waals surface area contributed by atoms with Crippen molar-refractivity contribution in [1.29, 1.82) is 0 Å². The van der Waals surface area contributed by atoms with E-state index in [-0.39, 0.29) is 0 Å². The van der Waals surface area contributed by atoms with Crippen LogP contribution in [0.2, 0.25) is 0 Å². The summed E-state index contributed by atoms with van der Waals surface area (Å²) < 4.78 is 0. The quantitative estimate of drug-likeness (QED) is 0.0533. The number of halogens is 122. The van der Waals surface area contributed by atoms with Crippen LogP contribution >= 0.6 is 1630 Å². The SMILES string of the molecule is II(I)I(I)I(I)I(I)I(I)I(I)I(I)I(I)I(I)I(I)I(I)I(I)I(I)I(I)I(I)I(I)I(I)I(I)I(I)I(I)I(I)I(I)I(I)I(I)I(I)I(I)I(I)I(I)I(I)I(I)I(I)I(I)I(I)I(I)I(I)I(I)I(I)I(I)I(I)I(I)I(I)I(I)I(I)I(I)I(I)I(I)I(I)I(I)I(I)I(I)I(I)I(I)I(I)I(I)I(I)I(I)I(I)I(I)I(I)I(I)I. The summed E-state index contributed by atoms with van der Waals surface area (Å²) in [4.78, 5) is 0. The maximum absolute atomic E-state index is 3.50. The van der Waals surface area contributed by atoms with E-state index in [1.54, 1.807) is 0 Å². The summed E-state index contributed by atoms with van der Waals surface area (Å²) >= 11 is 212. The molecule has 0 fully saturated rings. The molecule has 0 amide bonds. The van der Waals surface area contributed by atoms with Gasteiger partial charge in [0.1, 0.15) is 0 Å². The molecule has 0 heterocycles. The predicted octanol–water partition coefficient (Wildman–Crippen LogP) is 108. The molecular formula is I122. The molecule has 0 aromatic heterocycles. The van der Waals surface area contributed by atoms with Gasteiger partial charge in [-0.05, 0) is 0 Å². The van der Waals surface area contributed by atoms with Crippen LogP contribution in [0.1, 0.15) is 0 Å². The molecule has 0 saturated heterocycles. The second-order valence-corrected chi connectivity index (χ2v) is 2930. The average Bonchev–Trinajstić information content (AvgIpc) is 0.836. The van der Waals surface area contributed by atoms with E-state index in [9.17, 15) is 0 Å². The van der Waals surface area contributed by atoms with Crippen LogP contribution in [0, 0.1) is 0 Å². The van der Waals surface area contributed by atoms with Gasteiger partial charge in [-0.15, -0.1) is 0 Å². The fraction of sp³-hybridized carbons (Fsp3) is 0. The van der Waals surface area contributed by atoms with Crippen LogP contribution in [0.15, 0.2) is 0 Å². The Kier molecular flexibility index (Phi) is 219. The van der Waals surface area contributed by atoms with E-state index < -0.39 is 474 Å². The first kappa shape index (κ1) is 211. The number of rotatable bonds is 59. The van der Waals surface area contributed by atoms with Gasteiger partial charge in [0.2, 0.25) is 0 Å². The molecule has 0 spiro atoms. The van der Waals surface area contributed by atoms with Gasteiger partial charge in [0.25, 0.3) is 0 Å². The topological polar surface area (TPSA) is 0 Å². The first-order valence-electron chi connectivity index (χ1n) is 17.3. The van der Waals surface area contributed by atoms with Crippen LogP contribution in [-0.2, 0) is 0 Å². The van der Waals surface area contributed by atoms with Crippen molar-refractivity contribution >= 4 is 1630 Å². The van der Waals surface area contributed by atoms with Crippen LogP contribution in [0.25, 0.3) is 0 Å². The molecule has 0 aromatic rings. The van der Waals surface area contributed by atoms with Gasteiger partial charge in [0.15, 0.2) is 0 Å². The first-order valence-corrected chi connectivity index (χ1v) is 778. The molecule has 854 valence electrons. The molecule has 0 aliphatic rings. The fourth-order valence-corrected chi connectivity index (χ4v) is 24300. The Morgan fingerprint density at radius 3 is 0.0902 bits per heavy atom. The van der Waals surface area contributed by atoms with Crippen LogP contribution in [0.3, 0.4) is 0 Å². The van der Waals surface area contributed by atoms with Crippen molar-refractivity contribution in [1.82, 2.24) is 0 Å². The third kappa shape index (κ3) is 85.6. The van der Waals surface area contributed by atoms with Crippen molar-refractivity contribution in [2.24, 2.45) is 0 Å². The molecule has 0 bridgehead atoms. The zero-order chi connectivity index (χ0) is 96.6. The fourth-order valence-electron chi connectivity index (χ4n) is 1.79. The molecule has 0 N–H and O–H groups in total. The molecule has 0 aliphatic heterocycles. The summed E-state index contributed by atoms with van der Waals surface area (Å²) in [6, 6.07) is 0. The van der Waals surface area contributed by atoms with E-state index in [4.69, 9.17) is 0 Å². The molecular weight excluding hydrogens is 15500 g/mol. The van der Waals surface area contributed by atoms with Crippen molar-refractivity contribution in [3.05, 3.63) is 0 Å². The van der Waals surface area contributed by atoms with E-state index in [0.29, 0.717) is 0 Å². The van der Waals surface area contributed by atoms with Gasteiger partial charge in [0, 0.05) is 0 Å². The Morgan fingerprint density at radius 2 is 0.0656 bits per heavy atom. The van der Waals surface area contributed by atoms with Gasteiger partial charge in [0.05, 0.1) is 0 Å². The summed E-state index contributed by atoms with van der Waals surface area (Å²) in [6.07, 6.45) is 0. The zero-order valence-corrected chi connectivity index (χ0v) is 309. The third-order valence-corrected chi connectivity index (χ3v) is 9750. The molecule has 122 heavy (non-hydrogen) atoms. The van der Waals surface area contributed by atoms with Crippen molar-refractivity contribution in [3.63, 3.8) is 0 Å². The molecule has 0 saturated carbocycles. The summed E-state index contributed by atoms with van der Waals surface area (Å²) in [5.41, 5.74) is 0. The van der Waals surface area contributed by atoms with Gasteiger partial charge >= 0.3 is 1630 Å². The summed E-state index contributed by atoms with van der Waals surface area (Å²) in [5.74, 6) is 0. The van der Waals surface area contributed by atoms with Crippen molar-refractivity contribution in [2.75, 3.05) is 0 Å². The molecule has 0 aliphatic carbocycles. The molecule has 0 rings (SSSR count). The number of hydrogen-bond acceptors (Lipinski definition) is 0. The first-order chi connectivity index (χ1) is 55.5. The standard InChI is InChI=1S/I122/c1-63(2)65(5)67(7)69(9)71(11)73(13)75(15)77(17)79(19)81(21)83(23)85(25)87(27)89(29)91(31)93(33)95(35)97(37)99(39)101(41)103(43)105(45)107(47)109(49)111(51)113(53)115(55)117(57)119(59)121(61)122(62)120(60)118(58)116(56)114(54)112(52)110(50)108(48)106(46)104(44)102(42)100(40)98(38)96(36)94(34)92(32)90(30)88(28)86(26)84(24)82(22)80(20)78(18)76(16)74(14)72(12)70(10)68(8)66(6)64(3)4. The third-order valence-electron chi connectivity index (χ3n) is 4.82.